The number of rotatable bonds is 3. The molecule has 28 heavy (non-hydrogen) atoms. The highest BCUT2D eigenvalue weighted by molar-refractivity contribution is 5.68. The first-order valence-corrected chi connectivity index (χ1v) is 9.89. The van der Waals surface area contributed by atoms with Crippen LogP contribution in [0, 0.1) is 34.5 Å². The molecule has 4 fully saturated rings. The number of hydrogen-bond donors (Lipinski definition) is 1. The second-order valence-electron chi connectivity index (χ2n) is 9.52. The Kier molecular flexibility index (Phi) is 4.72. The molecular formula is C21H32O7. The minimum atomic E-state index is -1.73. The third-order valence-electron chi connectivity index (χ3n) is 7.33. The summed E-state index contributed by atoms with van der Waals surface area (Å²) in [5, 5.41) is 11.1. The summed E-state index contributed by atoms with van der Waals surface area (Å²) in [6.45, 7) is 11.5. The Morgan fingerprint density at radius 1 is 0.893 bits per heavy atom. The molecule has 0 heterocycles. The second kappa shape index (κ2) is 6.71. The van der Waals surface area contributed by atoms with Gasteiger partial charge < -0.3 is 19.3 Å². The topological polar surface area (TPSA) is 99.1 Å². The van der Waals surface area contributed by atoms with Crippen LogP contribution in [-0.2, 0) is 28.6 Å². The molecule has 0 unspecified atom stereocenters. The van der Waals surface area contributed by atoms with Gasteiger partial charge in [-0.3, -0.25) is 14.4 Å². The molecule has 4 aliphatic carbocycles. The molecule has 9 atom stereocenters. The van der Waals surface area contributed by atoms with E-state index >= 15 is 0 Å². The van der Waals surface area contributed by atoms with Crippen LogP contribution >= 0.6 is 0 Å². The van der Waals surface area contributed by atoms with Crippen molar-refractivity contribution in [3.63, 3.8) is 0 Å². The van der Waals surface area contributed by atoms with Gasteiger partial charge in [-0.1, -0.05) is 27.7 Å². The van der Waals surface area contributed by atoms with E-state index in [4.69, 9.17) is 15.6 Å². The first kappa shape index (κ1) is 19.7. The van der Waals surface area contributed by atoms with E-state index in [-0.39, 0.29) is 17.8 Å². The van der Waals surface area contributed by atoms with Crippen LogP contribution in [0.5, 0.6) is 0 Å². The minimum absolute atomic E-state index is 0.0103. The fourth-order valence-corrected chi connectivity index (χ4v) is 6.66. The minimum Gasteiger partial charge on any atom is -0.458 e. The largest absolute Gasteiger partial charge is 0.458 e. The van der Waals surface area contributed by atoms with Gasteiger partial charge in [-0.2, -0.15) is 0 Å². The molecule has 0 saturated heterocycles. The molecule has 0 aromatic rings. The van der Waals surface area contributed by atoms with Crippen LogP contribution < -0.4 is 0 Å². The fraction of sp³-hybridized carbons (Fsp3) is 0.857. The van der Waals surface area contributed by atoms with E-state index in [0.29, 0.717) is 6.42 Å². The number of ether oxygens (including phenoxy) is 3. The summed E-state index contributed by atoms with van der Waals surface area (Å²) in [6.07, 6.45) is -4.27. The first-order valence-electron chi connectivity index (χ1n) is 10.4. The summed E-state index contributed by atoms with van der Waals surface area (Å²) in [4.78, 5) is 36.0. The Balaban J connectivity index is 2.24. The standard InChI is InChI=1S/C21H32O7/c1-9-8-13(25)15-16-14(9)21(15,7)19(28-12(4)24)17(26-10(2)22)18(20(16,5)6)27-11(3)23/h9,13-19,25H,8H2,1-7H3/t9-,13+,14-,15+,16-,17+,18+,19+,21+/m0/s1/i13D. The Hall–Kier alpha value is -1.63. The molecular weight excluding hydrogens is 364 g/mol. The van der Waals surface area contributed by atoms with E-state index in [1.165, 1.54) is 20.8 Å². The van der Waals surface area contributed by atoms with Crippen molar-refractivity contribution in [3.8, 4) is 0 Å². The maximum Gasteiger partial charge on any atom is 0.303 e. The summed E-state index contributed by atoms with van der Waals surface area (Å²) in [5.41, 5.74) is -1.52. The van der Waals surface area contributed by atoms with Crippen LogP contribution in [0.1, 0.15) is 56.3 Å². The normalized spacial score (nSPS) is 49.0. The van der Waals surface area contributed by atoms with Gasteiger partial charge in [0.25, 0.3) is 0 Å². The van der Waals surface area contributed by atoms with Crippen molar-refractivity contribution in [2.24, 2.45) is 34.5 Å². The van der Waals surface area contributed by atoms with Crippen LogP contribution in [0.4, 0.5) is 0 Å². The van der Waals surface area contributed by atoms with Crippen molar-refractivity contribution >= 4 is 17.9 Å². The van der Waals surface area contributed by atoms with Crippen molar-refractivity contribution in [2.45, 2.75) is 79.3 Å². The van der Waals surface area contributed by atoms with Gasteiger partial charge in [-0.05, 0) is 30.1 Å². The second-order valence-corrected chi connectivity index (χ2v) is 9.52. The predicted octanol–water partition coefficient (Wildman–Crippen LogP) is 2.09. The number of aliphatic hydroxyl groups is 1. The number of fused-ring (bicyclic) bond motifs is 2. The zero-order chi connectivity index (χ0) is 22.1. The Morgan fingerprint density at radius 2 is 1.39 bits per heavy atom. The summed E-state index contributed by atoms with van der Waals surface area (Å²) in [7, 11) is 0. The smallest absolute Gasteiger partial charge is 0.303 e. The molecule has 0 radical (unpaired) electrons. The van der Waals surface area contributed by atoms with Crippen molar-refractivity contribution in [1.29, 1.82) is 0 Å². The summed E-state index contributed by atoms with van der Waals surface area (Å²) < 4.78 is 25.7. The average Bonchev–Trinajstić information content (AvgIpc) is 2.58. The lowest BCUT2D eigenvalue weighted by Crippen LogP contribution is -2.72. The number of hydrogen-bond acceptors (Lipinski definition) is 7. The van der Waals surface area contributed by atoms with E-state index in [9.17, 15) is 19.5 Å². The monoisotopic (exact) mass is 397 g/mol. The molecule has 4 rings (SSSR count). The molecule has 4 saturated carbocycles. The number of esters is 3. The van der Waals surface area contributed by atoms with Gasteiger partial charge in [0.15, 0.2) is 6.10 Å². The molecule has 7 nitrogen and oxygen atoms in total. The van der Waals surface area contributed by atoms with Crippen LogP contribution in [-0.4, -0.2) is 47.4 Å². The molecule has 0 aliphatic heterocycles. The van der Waals surface area contributed by atoms with Crippen LogP contribution in [0.2, 0.25) is 0 Å². The summed E-state index contributed by atoms with van der Waals surface area (Å²) >= 11 is 0. The first-order chi connectivity index (χ1) is 13.2. The van der Waals surface area contributed by atoms with E-state index in [1.54, 1.807) is 0 Å². The Morgan fingerprint density at radius 3 is 1.86 bits per heavy atom. The maximum absolute atomic E-state index is 12.0. The lowest BCUT2D eigenvalue weighted by molar-refractivity contribution is -0.286. The third-order valence-corrected chi connectivity index (χ3v) is 7.33. The van der Waals surface area contributed by atoms with Gasteiger partial charge >= 0.3 is 17.9 Å². The summed E-state index contributed by atoms with van der Waals surface area (Å²) in [6, 6.07) is 0. The Labute approximate surface area is 167 Å². The van der Waals surface area contributed by atoms with Crippen LogP contribution in [0.3, 0.4) is 0 Å². The van der Waals surface area contributed by atoms with Crippen molar-refractivity contribution < 1.29 is 35.1 Å². The van der Waals surface area contributed by atoms with Crippen molar-refractivity contribution in [1.82, 2.24) is 0 Å². The van der Waals surface area contributed by atoms with Gasteiger partial charge in [0.2, 0.25) is 0 Å². The zero-order valence-corrected chi connectivity index (χ0v) is 17.6. The number of carbonyl (C=O) groups is 3. The molecule has 0 amide bonds. The highest BCUT2D eigenvalue weighted by Gasteiger charge is 2.78. The Bertz CT molecular complexity index is 733. The van der Waals surface area contributed by atoms with Gasteiger partial charge in [0.1, 0.15) is 12.2 Å². The van der Waals surface area contributed by atoms with E-state index in [1.807, 2.05) is 27.7 Å². The zero-order valence-electron chi connectivity index (χ0n) is 18.6. The van der Waals surface area contributed by atoms with Gasteiger partial charge in [0, 0.05) is 31.6 Å². The van der Waals surface area contributed by atoms with E-state index < -0.39 is 59.0 Å². The molecule has 0 spiro atoms. The SMILES string of the molecule is [2H][C@@]1(O)C[C@H](C)[C@H]2[C@H]3[C@@H]1[C@]2(C)[C@H](OC(C)=O)[C@H](OC(C)=O)[C@@H](OC(C)=O)C3(C)C. The molecule has 0 aromatic carbocycles. The molecule has 158 valence electrons. The van der Waals surface area contributed by atoms with Crippen LogP contribution in [0.25, 0.3) is 0 Å². The summed E-state index contributed by atoms with van der Waals surface area (Å²) in [5.74, 6) is -2.37. The molecule has 7 heteroatoms. The van der Waals surface area contributed by atoms with Gasteiger partial charge in [0.05, 0.1) is 7.45 Å². The molecule has 1 N–H and O–H groups in total. The predicted molar refractivity (Wildman–Crippen MR) is 98.8 cm³/mol. The van der Waals surface area contributed by atoms with Gasteiger partial charge in [-0.15, -0.1) is 0 Å². The van der Waals surface area contributed by atoms with E-state index in [2.05, 4.69) is 0 Å². The average molecular weight is 397 g/mol. The van der Waals surface area contributed by atoms with Crippen molar-refractivity contribution in [3.05, 3.63) is 0 Å². The molecule has 4 aliphatic rings. The maximum atomic E-state index is 12.0. The molecule has 0 aromatic heterocycles. The van der Waals surface area contributed by atoms with Gasteiger partial charge in [-0.25, -0.2) is 0 Å². The lowest BCUT2D eigenvalue weighted by atomic mass is 9.35. The van der Waals surface area contributed by atoms with Crippen LogP contribution in [0.15, 0.2) is 0 Å². The fourth-order valence-electron chi connectivity index (χ4n) is 6.66. The quantitative estimate of drug-likeness (QED) is 0.575. The molecule has 4 bridgehead atoms. The third kappa shape index (κ3) is 2.85. The number of carbonyl (C=O) groups excluding carboxylic acids is 3. The highest BCUT2D eigenvalue weighted by atomic mass is 16.6. The van der Waals surface area contributed by atoms with Crippen molar-refractivity contribution in [2.75, 3.05) is 0 Å². The highest BCUT2D eigenvalue weighted by Crippen LogP contribution is 2.74. The van der Waals surface area contributed by atoms with E-state index in [0.717, 1.165) is 0 Å². The lowest BCUT2D eigenvalue weighted by Gasteiger charge is -2.70.